The van der Waals surface area contributed by atoms with Crippen LogP contribution in [0.1, 0.15) is 33.2 Å². The van der Waals surface area contributed by atoms with E-state index in [1.54, 1.807) is 23.1 Å². The van der Waals surface area contributed by atoms with Crippen LogP contribution in [-0.2, 0) is 6.54 Å². The van der Waals surface area contributed by atoms with E-state index >= 15 is 0 Å². The van der Waals surface area contributed by atoms with E-state index in [0.29, 0.717) is 23.4 Å². The molecule has 0 radical (unpaired) electrons. The number of hydrogen-bond acceptors (Lipinski definition) is 4. The van der Waals surface area contributed by atoms with Crippen LogP contribution in [0.15, 0.2) is 66.7 Å². The maximum Gasteiger partial charge on any atom is 0.387 e. The van der Waals surface area contributed by atoms with Crippen LogP contribution in [-0.4, -0.2) is 24.5 Å². The molecule has 0 saturated carbocycles. The Labute approximate surface area is 179 Å². The summed E-state index contributed by atoms with van der Waals surface area (Å²) in [5.41, 5.74) is 4.09. The van der Waals surface area contributed by atoms with E-state index in [-0.39, 0.29) is 17.4 Å². The van der Waals surface area contributed by atoms with Gasteiger partial charge in [-0.25, -0.2) is 0 Å². The SMILES string of the molecule is COc1cc(C2Nc3ccccc3C(=O)N2Cc2ccc(C)cc2)ccc1OC(F)F. The van der Waals surface area contributed by atoms with Gasteiger partial charge in [-0.1, -0.05) is 48.0 Å². The van der Waals surface area contributed by atoms with Crippen molar-refractivity contribution in [2.45, 2.75) is 26.2 Å². The van der Waals surface area contributed by atoms with Gasteiger partial charge in [-0.2, -0.15) is 8.78 Å². The van der Waals surface area contributed by atoms with E-state index in [4.69, 9.17) is 4.74 Å². The van der Waals surface area contributed by atoms with E-state index in [1.165, 1.54) is 13.2 Å². The number of carbonyl (C=O) groups is 1. The van der Waals surface area contributed by atoms with Crippen molar-refractivity contribution >= 4 is 11.6 Å². The van der Waals surface area contributed by atoms with Crippen LogP contribution >= 0.6 is 0 Å². The summed E-state index contributed by atoms with van der Waals surface area (Å²) in [6, 6.07) is 20.0. The van der Waals surface area contributed by atoms with Gasteiger partial charge >= 0.3 is 6.61 Å². The van der Waals surface area contributed by atoms with Crippen LogP contribution in [0.3, 0.4) is 0 Å². The molecule has 0 saturated heterocycles. The summed E-state index contributed by atoms with van der Waals surface area (Å²) in [6.07, 6.45) is -0.516. The Morgan fingerprint density at radius 2 is 1.77 bits per heavy atom. The standard InChI is InChI=1S/C24H22F2N2O3/c1-15-7-9-16(10-8-15)14-28-22(27-19-6-4-3-5-18(19)23(28)29)17-11-12-20(31-24(25)26)21(13-17)30-2/h3-13,22,24,27H,14H2,1-2H3. The number of nitrogens with one attached hydrogen (secondary N) is 1. The van der Waals surface area contributed by atoms with Crippen molar-refractivity contribution in [2.24, 2.45) is 0 Å². The Morgan fingerprint density at radius 3 is 2.48 bits per heavy atom. The second kappa shape index (κ2) is 8.63. The van der Waals surface area contributed by atoms with Crippen molar-refractivity contribution < 1.29 is 23.0 Å². The smallest absolute Gasteiger partial charge is 0.387 e. The Kier molecular flexibility index (Phi) is 5.75. The number of para-hydroxylation sites is 1. The molecule has 3 aromatic rings. The molecule has 1 atom stereocenters. The van der Waals surface area contributed by atoms with Gasteiger partial charge in [0.25, 0.3) is 5.91 Å². The minimum absolute atomic E-state index is 0.0612. The fourth-order valence-electron chi connectivity index (χ4n) is 3.66. The fraction of sp³-hybridized carbons (Fsp3) is 0.208. The minimum atomic E-state index is -2.96. The fourth-order valence-corrected chi connectivity index (χ4v) is 3.66. The van der Waals surface area contributed by atoms with Crippen LogP contribution in [0.2, 0.25) is 0 Å². The molecule has 1 amide bonds. The molecule has 31 heavy (non-hydrogen) atoms. The molecular formula is C24H22F2N2O3. The first kappa shape index (κ1) is 20.7. The number of rotatable bonds is 6. The van der Waals surface area contributed by atoms with Gasteiger partial charge < -0.3 is 19.7 Å². The third-order valence-electron chi connectivity index (χ3n) is 5.22. The number of anilines is 1. The molecule has 1 aliphatic heterocycles. The van der Waals surface area contributed by atoms with Gasteiger partial charge in [0.05, 0.1) is 12.7 Å². The van der Waals surface area contributed by atoms with Crippen molar-refractivity contribution in [3.05, 3.63) is 89.0 Å². The van der Waals surface area contributed by atoms with Crippen molar-refractivity contribution in [3.8, 4) is 11.5 Å². The molecule has 3 aromatic carbocycles. The third-order valence-corrected chi connectivity index (χ3v) is 5.22. The zero-order valence-corrected chi connectivity index (χ0v) is 17.1. The van der Waals surface area contributed by atoms with Gasteiger partial charge in [0.1, 0.15) is 6.17 Å². The summed E-state index contributed by atoms with van der Waals surface area (Å²) in [5.74, 6) is -0.0122. The van der Waals surface area contributed by atoms with E-state index in [0.717, 1.165) is 11.1 Å². The van der Waals surface area contributed by atoms with E-state index in [2.05, 4.69) is 10.1 Å². The summed E-state index contributed by atoms with van der Waals surface area (Å²) in [4.78, 5) is 15.1. The molecule has 0 aliphatic carbocycles. The number of fused-ring (bicyclic) bond motifs is 1. The molecule has 4 rings (SSSR count). The number of aryl methyl sites for hydroxylation is 1. The first-order valence-corrected chi connectivity index (χ1v) is 9.81. The van der Waals surface area contributed by atoms with Gasteiger partial charge in [0, 0.05) is 12.2 Å². The molecule has 0 aromatic heterocycles. The molecule has 0 fully saturated rings. The number of nitrogens with zero attached hydrogens (tertiary/aromatic N) is 1. The number of amides is 1. The number of benzene rings is 3. The molecule has 0 spiro atoms. The average molecular weight is 424 g/mol. The third kappa shape index (κ3) is 4.30. The highest BCUT2D eigenvalue weighted by Crippen LogP contribution is 2.38. The lowest BCUT2D eigenvalue weighted by molar-refractivity contribution is -0.0512. The lowest BCUT2D eigenvalue weighted by atomic mass is 10.0. The summed E-state index contributed by atoms with van der Waals surface area (Å²) >= 11 is 0. The lowest BCUT2D eigenvalue weighted by Gasteiger charge is -2.38. The molecular weight excluding hydrogens is 402 g/mol. The Bertz CT molecular complexity index is 1090. The zero-order valence-electron chi connectivity index (χ0n) is 17.1. The highest BCUT2D eigenvalue weighted by atomic mass is 19.3. The zero-order chi connectivity index (χ0) is 22.0. The lowest BCUT2D eigenvalue weighted by Crippen LogP contribution is -2.42. The van der Waals surface area contributed by atoms with Crippen LogP contribution in [0.5, 0.6) is 11.5 Å². The predicted octanol–water partition coefficient (Wildman–Crippen LogP) is 5.37. The quantitative estimate of drug-likeness (QED) is 0.578. The maximum atomic E-state index is 13.4. The van der Waals surface area contributed by atoms with Crippen molar-refractivity contribution in [1.82, 2.24) is 4.90 Å². The van der Waals surface area contributed by atoms with Crippen LogP contribution in [0.25, 0.3) is 0 Å². The second-order valence-corrected chi connectivity index (χ2v) is 7.30. The van der Waals surface area contributed by atoms with E-state index < -0.39 is 12.8 Å². The summed E-state index contributed by atoms with van der Waals surface area (Å²) < 4.78 is 35.2. The van der Waals surface area contributed by atoms with Crippen molar-refractivity contribution in [1.29, 1.82) is 0 Å². The Morgan fingerprint density at radius 1 is 1.03 bits per heavy atom. The summed E-state index contributed by atoms with van der Waals surface area (Å²) in [6.45, 7) is -0.576. The summed E-state index contributed by atoms with van der Waals surface area (Å²) in [7, 11) is 1.39. The largest absolute Gasteiger partial charge is 0.493 e. The molecule has 160 valence electrons. The van der Waals surface area contributed by atoms with Gasteiger partial charge in [0.2, 0.25) is 0 Å². The normalized spacial score (nSPS) is 15.5. The number of carbonyl (C=O) groups excluding carboxylic acids is 1. The predicted molar refractivity (Wildman–Crippen MR) is 113 cm³/mol. The van der Waals surface area contributed by atoms with E-state index in [1.807, 2.05) is 49.4 Å². The Hall–Kier alpha value is -3.61. The van der Waals surface area contributed by atoms with Crippen molar-refractivity contribution in [3.63, 3.8) is 0 Å². The molecule has 7 heteroatoms. The molecule has 0 bridgehead atoms. The van der Waals surface area contributed by atoms with Gasteiger partial charge in [-0.3, -0.25) is 4.79 Å². The first-order chi connectivity index (χ1) is 15.0. The number of methoxy groups -OCH3 is 1. The highest BCUT2D eigenvalue weighted by Gasteiger charge is 2.33. The molecule has 1 heterocycles. The average Bonchev–Trinajstić information content (AvgIpc) is 2.77. The minimum Gasteiger partial charge on any atom is -0.493 e. The number of halogens is 2. The van der Waals surface area contributed by atoms with Crippen LogP contribution in [0.4, 0.5) is 14.5 Å². The molecule has 1 unspecified atom stereocenters. The monoisotopic (exact) mass is 424 g/mol. The number of ether oxygens (including phenoxy) is 2. The topological polar surface area (TPSA) is 50.8 Å². The van der Waals surface area contributed by atoms with Gasteiger partial charge in [-0.15, -0.1) is 0 Å². The number of hydrogen-bond donors (Lipinski definition) is 1. The Balaban J connectivity index is 1.74. The van der Waals surface area contributed by atoms with Gasteiger partial charge in [-0.05, 0) is 42.3 Å². The van der Waals surface area contributed by atoms with Crippen LogP contribution in [0, 0.1) is 6.92 Å². The number of alkyl halides is 2. The maximum absolute atomic E-state index is 13.4. The molecule has 1 N–H and O–H groups in total. The first-order valence-electron chi connectivity index (χ1n) is 9.81. The molecule has 1 aliphatic rings. The van der Waals surface area contributed by atoms with Crippen molar-refractivity contribution in [2.75, 3.05) is 12.4 Å². The highest BCUT2D eigenvalue weighted by molar-refractivity contribution is 6.01. The van der Waals surface area contributed by atoms with E-state index in [9.17, 15) is 13.6 Å². The second-order valence-electron chi connectivity index (χ2n) is 7.30. The molecule has 5 nitrogen and oxygen atoms in total. The van der Waals surface area contributed by atoms with Gasteiger partial charge in [0.15, 0.2) is 11.5 Å². The summed E-state index contributed by atoms with van der Waals surface area (Å²) in [5, 5.41) is 3.40. The van der Waals surface area contributed by atoms with Crippen LogP contribution < -0.4 is 14.8 Å².